The Morgan fingerprint density at radius 2 is 1.93 bits per heavy atom. The van der Waals surface area contributed by atoms with Crippen molar-refractivity contribution in [3.63, 3.8) is 0 Å². The zero-order valence-corrected chi connectivity index (χ0v) is 18.2. The molecule has 1 unspecified atom stereocenters. The van der Waals surface area contributed by atoms with E-state index in [1.807, 2.05) is 13.1 Å². The van der Waals surface area contributed by atoms with Gasteiger partial charge in [0.15, 0.2) is 5.96 Å². The van der Waals surface area contributed by atoms with Crippen LogP contribution in [0.4, 0.5) is 0 Å². The van der Waals surface area contributed by atoms with E-state index < -0.39 is 0 Å². The van der Waals surface area contributed by atoms with E-state index in [9.17, 15) is 0 Å². The molecule has 3 rings (SSSR count). The van der Waals surface area contributed by atoms with Gasteiger partial charge in [0.1, 0.15) is 5.76 Å². The fraction of sp³-hybridized carbons (Fsp3) is 0.783. The third kappa shape index (κ3) is 7.67. The van der Waals surface area contributed by atoms with Gasteiger partial charge >= 0.3 is 0 Å². The number of nitrogens with zero attached hydrogens (tertiary/aromatic N) is 2. The van der Waals surface area contributed by atoms with Crippen LogP contribution in [-0.4, -0.2) is 56.8 Å². The third-order valence-corrected chi connectivity index (χ3v) is 6.16. The summed E-state index contributed by atoms with van der Waals surface area (Å²) in [4.78, 5) is 6.89. The minimum Gasteiger partial charge on any atom is -0.468 e. The van der Waals surface area contributed by atoms with Crippen molar-refractivity contribution in [3.8, 4) is 0 Å². The summed E-state index contributed by atoms with van der Waals surface area (Å²) in [5.41, 5.74) is 0. The summed E-state index contributed by atoms with van der Waals surface area (Å²) in [5, 5.41) is 6.93. The van der Waals surface area contributed by atoms with Crippen molar-refractivity contribution in [2.45, 2.75) is 76.4 Å². The number of hydrogen-bond acceptors (Lipinski definition) is 4. The van der Waals surface area contributed by atoms with Crippen LogP contribution in [-0.2, 0) is 4.74 Å². The van der Waals surface area contributed by atoms with E-state index in [1.54, 1.807) is 6.26 Å². The van der Waals surface area contributed by atoms with E-state index in [1.165, 1.54) is 51.4 Å². The Hall–Kier alpha value is -1.53. The molecule has 1 saturated heterocycles. The zero-order chi connectivity index (χ0) is 20.2. The molecule has 164 valence electrons. The Bertz CT molecular complexity index is 561. The molecule has 0 amide bonds. The molecular weight excluding hydrogens is 364 g/mol. The molecule has 1 aromatic rings. The van der Waals surface area contributed by atoms with Crippen molar-refractivity contribution in [2.24, 2.45) is 4.99 Å². The highest BCUT2D eigenvalue weighted by Gasteiger charge is 2.25. The fourth-order valence-corrected chi connectivity index (χ4v) is 4.45. The average Bonchev–Trinajstić information content (AvgIpc) is 3.41. The number of guanidine groups is 1. The Labute approximate surface area is 176 Å². The number of likely N-dealkylation sites (tertiary alicyclic amines) is 1. The van der Waals surface area contributed by atoms with Crippen LogP contribution >= 0.6 is 0 Å². The second-order valence-corrected chi connectivity index (χ2v) is 8.35. The Morgan fingerprint density at radius 3 is 2.62 bits per heavy atom. The fourth-order valence-electron chi connectivity index (χ4n) is 4.45. The van der Waals surface area contributed by atoms with Crippen LogP contribution in [0.2, 0.25) is 0 Å². The molecule has 29 heavy (non-hydrogen) atoms. The van der Waals surface area contributed by atoms with Gasteiger partial charge < -0.3 is 19.8 Å². The molecule has 1 atom stereocenters. The lowest BCUT2D eigenvalue weighted by Gasteiger charge is -2.26. The molecule has 0 aromatic carbocycles. The summed E-state index contributed by atoms with van der Waals surface area (Å²) in [6.45, 7) is 4.88. The standard InChI is InChI=1S/C23H40N4O2/c1-24-23(25-14-6-9-17-28-20-11-4-2-3-5-12-20)26-19-21(22-13-10-18-29-22)27-15-7-8-16-27/h10,13,18,20-21H,2-9,11-12,14-17,19H2,1H3,(H2,24,25,26). The molecule has 1 aromatic heterocycles. The average molecular weight is 405 g/mol. The lowest BCUT2D eigenvalue weighted by Crippen LogP contribution is -2.42. The van der Waals surface area contributed by atoms with Crippen LogP contribution in [0.15, 0.2) is 27.8 Å². The lowest BCUT2D eigenvalue weighted by atomic mass is 10.1. The number of aliphatic imine (C=N–C) groups is 1. The van der Waals surface area contributed by atoms with Crippen molar-refractivity contribution < 1.29 is 9.15 Å². The van der Waals surface area contributed by atoms with Crippen LogP contribution < -0.4 is 10.6 Å². The van der Waals surface area contributed by atoms with Gasteiger partial charge in [-0.05, 0) is 63.7 Å². The van der Waals surface area contributed by atoms with Crippen LogP contribution in [0.1, 0.15) is 76.0 Å². The van der Waals surface area contributed by atoms with Crippen molar-refractivity contribution in [1.29, 1.82) is 0 Å². The number of ether oxygens (including phenoxy) is 1. The van der Waals surface area contributed by atoms with Crippen molar-refractivity contribution >= 4 is 5.96 Å². The normalized spacial score (nSPS) is 20.5. The quantitative estimate of drug-likeness (QED) is 0.266. The summed E-state index contributed by atoms with van der Waals surface area (Å²) in [6, 6.07) is 4.32. The molecule has 6 heteroatoms. The van der Waals surface area contributed by atoms with Gasteiger partial charge in [-0.3, -0.25) is 9.89 Å². The van der Waals surface area contributed by atoms with E-state index >= 15 is 0 Å². The maximum absolute atomic E-state index is 6.08. The predicted octanol–water partition coefficient (Wildman–Crippen LogP) is 4.10. The SMILES string of the molecule is CN=C(NCCCCOC1CCCCCC1)NCC(c1ccco1)N1CCCC1. The topological polar surface area (TPSA) is 62.0 Å². The van der Waals surface area contributed by atoms with Gasteiger partial charge in [-0.25, -0.2) is 0 Å². The van der Waals surface area contributed by atoms with Gasteiger partial charge in [0.05, 0.1) is 18.4 Å². The number of rotatable bonds is 10. The summed E-state index contributed by atoms with van der Waals surface area (Å²) in [6.07, 6.45) is 15.0. The highest BCUT2D eigenvalue weighted by Crippen LogP contribution is 2.24. The van der Waals surface area contributed by atoms with Crippen LogP contribution in [0.3, 0.4) is 0 Å². The van der Waals surface area contributed by atoms with Crippen molar-refractivity contribution in [3.05, 3.63) is 24.2 Å². The first-order chi connectivity index (χ1) is 14.4. The summed E-state index contributed by atoms with van der Waals surface area (Å²) in [5.74, 6) is 1.90. The first kappa shape index (κ1) is 22.2. The summed E-state index contributed by atoms with van der Waals surface area (Å²) < 4.78 is 11.8. The van der Waals surface area contributed by atoms with E-state index in [0.29, 0.717) is 6.10 Å². The smallest absolute Gasteiger partial charge is 0.191 e. The number of furan rings is 1. The molecular formula is C23H40N4O2. The Morgan fingerprint density at radius 1 is 1.14 bits per heavy atom. The molecule has 2 aliphatic rings. The number of hydrogen-bond donors (Lipinski definition) is 2. The summed E-state index contributed by atoms with van der Waals surface area (Å²) >= 11 is 0. The Balaban J connectivity index is 1.31. The highest BCUT2D eigenvalue weighted by atomic mass is 16.5. The van der Waals surface area contributed by atoms with Gasteiger partial charge in [0.25, 0.3) is 0 Å². The van der Waals surface area contributed by atoms with Gasteiger partial charge in [-0.15, -0.1) is 0 Å². The van der Waals surface area contributed by atoms with Crippen LogP contribution in [0.25, 0.3) is 0 Å². The monoisotopic (exact) mass is 404 g/mol. The Kier molecular flexibility index (Phi) is 9.87. The molecule has 2 N–H and O–H groups in total. The molecule has 2 fully saturated rings. The van der Waals surface area contributed by atoms with Gasteiger partial charge in [-0.2, -0.15) is 0 Å². The highest BCUT2D eigenvalue weighted by molar-refractivity contribution is 5.79. The molecule has 0 radical (unpaired) electrons. The number of unbranched alkanes of at least 4 members (excludes halogenated alkanes) is 1. The second-order valence-electron chi connectivity index (χ2n) is 8.35. The van der Waals surface area contributed by atoms with E-state index in [-0.39, 0.29) is 6.04 Å². The summed E-state index contributed by atoms with van der Waals surface area (Å²) in [7, 11) is 1.84. The molecule has 6 nitrogen and oxygen atoms in total. The molecule has 1 aliphatic heterocycles. The minimum atomic E-state index is 0.263. The van der Waals surface area contributed by atoms with E-state index in [4.69, 9.17) is 9.15 Å². The maximum Gasteiger partial charge on any atom is 0.191 e. The molecule has 1 saturated carbocycles. The molecule has 0 spiro atoms. The third-order valence-electron chi connectivity index (χ3n) is 6.16. The molecule has 0 bridgehead atoms. The van der Waals surface area contributed by atoms with Crippen molar-refractivity contribution in [2.75, 3.05) is 39.8 Å². The van der Waals surface area contributed by atoms with E-state index in [2.05, 4.69) is 26.6 Å². The van der Waals surface area contributed by atoms with Gasteiger partial charge in [0, 0.05) is 26.7 Å². The zero-order valence-electron chi connectivity index (χ0n) is 18.2. The molecule has 2 heterocycles. The van der Waals surface area contributed by atoms with Gasteiger partial charge in [-0.1, -0.05) is 25.7 Å². The largest absolute Gasteiger partial charge is 0.468 e. The van der Waals surface area contributed by atoms with Crippen molar-refractivity contribution in [1.82, 2.24) is 15.5 Å². The van der Waals surface area contributed by atoms with Gasteiger partial charge in [0.2, 0.25) is 0 Å². The first-order valence-electron chi connectivity index (χ1n) is 11.7. The lowest BCUT2D eigenvalue weighted by molar-refractivity contribution is 0.0411. The van der Waals surface area contributed by atoms with Crippen LogP contribution in [0.5, 0.6) is 0 Å². The first-order valence-corrected chi connectivity index (χ1v) is 11.7. The predicted molar refractivity (Wildman–Crippen MR) is 118 cm³/mol. The maximum atomic E-state index is 6.08. The van der Waals surface area contributed by atoms with E-state index in [0.717, 1.165) is 57.3 Å². The second kappa shape index (κ2) is 12.9. The van der Waals surface area contributed by atoms with Crippen LogP contribution in [0, 0.1) is 0 Å². The minimum absolute atomic E-state index is 0.263. The molecule has 1 aliphatic carbocycles. The number of nitrogens with one attached hydrogen (secondary N) is 2.